The Morgan fingerprint density at radius 2 is 2.00 bits per heavy atom. The van der Waals surface area contributed by atoms with Gasteiger partial charge in [-0.2, -0.15) is 0 Å². The number of carbonyl (C=O) groups is 1. The Labute approximate surface area is 87.0 Å². The summed E-state index contributed by atoms with van der Waals surface area (Å²) < 4.78 is 0. The van der Waals surface area contributed by atoms with Gasteiger partial charge in [0.25, 0.3) is 5.91 Å². The highest BCUT2D eigenvalue weighted by molar-refractivity contribution is 6.29. The number of benzene rings is 1. The fraction of sp³-hybridized carbons (Fsp3) is 0.100. The number of hydrogen-bond donors (Lipinski definition) is 2. The van der Waals surface area contributed by atoms with Crippen LogP contribution in [0.2, 0.25) is 0 Å². The molecule has 0 saturated heterocycles. The predicted molar refractivity (Wildman–Crippen MR) is 55.4 cm³/mol. The average molecular weight is 212 g/mol. The highest BCUT2D eigenvalue weighted by Gasteiger charge is 2.03. The van der Waals surface area contributed by atoms with Gasteiger partial charge in [0.2, 0.25) is 0 Å². The second-order valence-corrected chi connectivity index (χ2v) is 3.28. The van der Waals surface area contributed by atoms with Gasteiger partial charge in [0.05, 0.1) is 6.54 Å². The van der Waals surface area contributed by atoms with Crippen molar-refractivity contribution in [3.63, 3.8) is 0 Å². The highest BCUT2D eigenvalue weighted by atomic mass is 35.5. The van der Waals surface area contributed by atoms with E-state index in [1.165, 1.54) is 24.3 Å². The molecule has 0 unspecified atom stereocenters. The molecule has 0 bridgehead atoms. The van der Waals surface area contributed by atoms with E-state index in [0.29, 0.717) is 10.6 Å². The molecule has 74 valence electrons. The largest absolute Gasteiger partial charge is 0.508 e. The van der Waals surface area contributed by atoms with Gasteiger partial charge in [-0.3, -0.25) is 4.79 Å². The van der Waals surface area contributed by atoms with Gasteiger partial charge in [-0.15, -0.1) is 0 Å². The molecule has 3 nitrogen and oxygen atoms in total. The number of nitrogens with one attached hydrogen (secondary N) is 1. The summed E-state index contributed by atoms with van der Waals surface area (Å²) in [4.78, 5) is 11.4. The molecule has 0 atom stereocenters. The van der Waals surface area contributed by atoms with Crippen LogP contribution in [0.1, 0.15) is 10.4 Å². The van der Waals surface area contributed by atoms with E-state index in [0.717, 1.165) is 0 Å². The first-order chi connectivity index (χ1) is 6.59. The maximum Gasteiger partial charge on any atom is 0.251 e. The minimum Gasteiger partial charge on any atom is -0.508 e. The lowest BCUT2D eigenvalue weighted by Crippen LogP contribution is -2.24. The molecule has 0 fully saturated rings. The van der Waals surface area contributed by atoms with E-state index in [9.17, 15) is 4.79 Å². The molecule has 1 aromatic carbocycles. The standard InChI is InChI=1S/C10H10ClNO2/c1-7(11)6-12-10(14)8-2-4-9(13)5-3-8/h2-5,13H,1,6H2,(H,12,14). The fourth-order valence-electron chi connectivity index (χ4n) is 0.891. The second kappa shape index (κ2) is 4.67. The van der Waals surface area contributed by atoms with Gasteiger partial charge in [-0.05, 0) is 24.3 Å². The van der Waals surface area contributed by atoms with Gasteiger partial charge in [0.15, 0.2) is 0 Å². The van der Waals surface area contributed by atoms with Crippen LogP contribution in [0.3, 0.4) is 0 Å². The molecule has 0 aliphatic rings. The van der Waals surface area contributed by atoms with E-state index >= 15 is 0 Å². The molecular formula is C10H10ClNO2. The third kappa shape index (κ3) is 3.11. The quantitative estimate of drug-likeness (QED) is 0.802. The molecule has 0 radical (unpaired) electrons. The molecule has 1 rings (SSSR count). The van der Waals surface area contributed by atoms with Crippen LogP contribution in [-0.2, 0) is 0 Å². The first kappa shape index (κ1) is 10.6. The van der Waals surface area contributed by atoms with E-state index in [1.54, 1.807) is 0 Å². The molecular weight excluding hydrogens is 202 g/mol. The SMILES string of the molecule is C=C(Cl)CNC(=O)c1ccc(O)cc1. The summed E-state index contributed by atoms with van der Waals surface area (Å²) in [6.45, 7) is 3.68. The Morgan fingerprint density at radius 1 is 1.43 bits per heavy atom. The molecule has 1 aromatic rings. The number of amides is 1. The highest BCUT2D eigenvalue weighted by Crippen LogP contribution is 2.09. The number of halogens is 1. The average Bonchev–Trinajstić information content (AvgIpc) is 2.15. The fourth-order valence-corrected chi connectivity index (χ4v) is 0.958. The van der Waals surface area contributed by atoms with Gasteiger partial charge in [0.1, 0.15) is 5.75 Å². The molecule has 0 aliphatic carbocycles. The van der Waals surface area contributed by atoms with Crippen LogP contribution in [0.5, 0.6) is 5.75 Å². The van der Waals surface area contributed by atoms with Crippen molar-refractivity contribution in [1.29, 1.82) is 0 Å². The van der Waals surface area contributed by atoms with Crippen LogP contribution in [0, 0.1) is 0 Å². The van der Waals surface area contributed by atoms with Gasteiger partial charge >= 0.3 is 0 Å². The lowest BCUT2D eigenvalue weighted by Gasteiger charge is -2.03. The van der Waals surface area contributed by atoms with Crippen molar-refractivity contribution < 1.29 is 9.90 Å². The predicted octanol–water partition coefficient (Wildman–Crippen LogP) is 1.87. The zero-order chi connectivity index (χ0) is 10.6. The number of phenolic OH excluding ortho intramolecular Hbond substituents is 1. The monoisotopic (exact) mass is 211 g/mol. The van der Waals surface area contributed by atoms with Crippen molar-refractivity contribution in [1.82, 2.24) is 5.32 Å². The van der Waals surface area contributed by atoms with Crippen LogP contribution >= 0.6 is 11.6 Å². The van der Waals surface area contributed by atoms with Crippen LogP contribution < -0.4 is 5.32 Å². The maximum atomic E-state index is 11.4. The van der Waals surface area contributed by atoms with Crippen LogP contribution in [0.4, 0.5) is 0 Å². The topological polar surface area (TPSA) is 49.3 Å². The lowest BCUT2D eigenvalue weighted by molar-refractivity contribution is 0.0957. The van der Waals surface area contributed by atoms with Crippen LogP contribution in [0.25, 0.3) is 0 Å². The molecule has 14 heavy (non-hydrogen) atoms. The molecule has 4 heteroatoms. The minimum atomic E-state index is -0.244. The van der Waals surface area contributed by atoms with Crippen molar-refractivity contribution in [2.24, 2.45) is 0 Å². The van der Waals surface area contributed by atoms with E-state index in [4.69, 9.17) is 16.7 Å². The third-order valence-corrected chi connectivity index (χ3v) is 1.70. The molecule has 0 aromatic heterocycles. The Balaban J connectivity index is 2.61. The summed E-state index contributed by atoms with van der Waals surface area (Å²) in [6.07, 6.45) is 0. The number of carbonyl (C=O) groups excluding carboxylic acids is 1. The third-order valence-electron chi connectivity index (χ3n) is 1.57. The lowest BCUT2D eigenvalue weighted by atomic mass is 10.2. The second-order valence-electron chi connectivity index (χ2n) is 2.75. The summed E-state index contributed by atoms with van der Waals surface area (Å²) in [5, 5.41) is 11.9. The Morgan fingerprint density at radius 3 is 2.50 bits per heavy atom. The van der Waals surface area contributed by atoms with Crippen LogP contribution in [0.15, 0.2) is 35.9 Å². The Kier molecular flexibility index (Phi) is 3.54. The molecule has 0 heterocycles. The van der Waals surface area contributed by atoms with E-state index in [-0.39, 0.29) is 18.2 Å². The number of rotatable bonds is 3. The normalized spacial score (nSPS) is 9.50. The van der Waals surface area contributed by atoms with Crippen molar-refractivity contribution >= 4 is 17.5 Å². The molecule has 1 amide bonds. The first-order valence-corrected chi connectivity index (χ1v) is 4.38. The summed E-state index contributed by atoms with van der Waals surface area (Å²) in [5.41, 5.74) is 0.473. The first-order valence-electron chi connectivity index (χ1n) is 4.00. The summed E-state index contributed by atoms with van der Waals surface area (Å²) in [6, 6.07) is 5.96. The Bertz CT molecular complexity index is 346. The molecule has 0 saturated carbocycles. The van der Waals surface area contributed by atoms with Gasteiger partial charge in [-0.25, -0.2) is 0 Å². The zero-order valence-corrected chi connectivity index (χ0v) is 8.21. The maximum absolute atomic E-state index is 11.4. The van der Waals surface area contributed by atoms with E-state index in [1.807, 2.05) is 0 Å². The summed E-state index contributed by atoms with van der Waals surface area (Å²) in [7, 11) is 0. The summed E-state index contributed by atoms with van der Waals surface area (Å²) in [5.74, 6) is -0.116. The number of aromatic hydroxyl groups is 1. The van der Waals surface area contributed by atoms with Crippen molar-refractivity contribution in [3.8, 4) is 5.75 Å². The number of hydrogen-bond acceptors (Lipinski definition) is 2. The van der Waals surface area contributed by atoms with E-state index in [2.05, 4.69) is 11.9 Å². The molecule has 0 spiro atoms. The summed E-state index contributed by atoms with van der Waals surface area (Å²) >= 11 is 5.49. The van der Waals surface area contributed by atoms with Crippen molar-refractivity contribution in [3.05, 3.63) is 41.4 Å². The molecule has 0 aliphatic heterocycles. The van der Waals surface area contributed by atoms with Crippen molar-refractivity contribution in [2.75, 3.05) is 6.54 Å². The van der Waals surface area contributed by atoms with E-state index < -0.39 is 0 Å². The van der Waals surface area contributed by atoms with Crippen LogP contribution in [-0.4, -0.2) is 17.6 Å². The van der Waals surface area contributed by atoms with Gasteiger partial charge in [-0.1, -0.05) is 18.2 Å². The number of phenols is 1. The van der Waals surface area contributed by atoms with Gasteiger partial charge < -0.3 is 10.4 Å². The molecule has 2 N–H and O–H groups in total. The van der Waals surface area contributed by atoms with Crippen molar-refractivity contribution in [2.45, 2.75) is 0 Å². The minimum absolute atomic E-state index is 0.128. The zero-order valence-electron chi connectivity index (χ0n) is 7.46. The Hall–Kier alpha value is -1.48. The van der Waals surface area contributed by atoms with Gasteiger partial charge in [0, 0.05) is 10.6 Å². The smallest absolute Gasteiger partial charge is 0.251 e.